The van der Waals surface area contributed by atoms with E-state index in [1.807, 2.05) is 0 Å². The molecule has 1 aliphatic carbocycles. The highest BCUT2D eigenvalue weighted by Crippen LogP contribution is 2.18. The quantitative estimate of drug-likeness (QED) is 0.505. The largest absolute Gasteiger partial charge is 0.345 e. The molecule has 0 unspecified atom stereocenters. The van der Waals surface area contributed by atoms with Gasteiger partial charge in [-0.05, 0) is 38.0 Å². The Morgan fingerprint density at radius 3 is 2.65 bits per heavy atom. The zero-order chi connectivity index (χ0) is 14.7. The minimum absolute atomic E-state index is 0.102. The number of halogens is 2. The molecular weight excluding hydrogens is 285 g/mol. The van der Waals surface area contributed by atoms with Gasteiger partial charge in [-0.1, -0.05) is 11.6 Å². The van der Waals surface area contributed by atoms with Crippen molar-refractivity contribution in [3.8, 4) is 0 Å². The summed E-state index contributed by atoms with van der Waals surface area (Å²) in [6.45, 7) is 1.60. The van der Waals surface area contributed by atoms with Gasteiger partial charge in [0, 0.05) is 11.6 Å². The van der Waals surface area contributed by atoms with Gasteiger partial charge >= 0.3 is 11.8 Å². The van der Waals surface area contributed by atoms with Crippen molar-refractivity contribution in [1.29, 1.82) is 0 Å². The van der Waals surface area contributed by atoms with Gasteiger partial charge in [0.2, 0.25) is 0 Å². The number of hydrazone groups is 1. The first-order valence-corrected chi connectivity index (χ1v) is 6.45. The molecule has 1 aliphatic rings. The molecule has 0 aromatic heterocycles. The number of carbonyl (C=O) groups is 2. The zero-order valence-corrected chi connectivity index (χ0v) is 11.5. The van der Waals surface area contributed by atoms with E-state index < -0.39 is 17.6 Å². The predicted molar refractivity (Wildman–Crippen MR) is 72.9 cm³/mol. The summed E-state index contributed by atoms with van der Waals surface area (Å²) in [5.41, 5.74) is 3.00. The molecule has 0 spiro atoms. The van der Waals surface area contributed by atoms with Gasteiger partial charge in [-0.3, -0.25) is 9.59 Å². The average molecular weight is 298 g/mol. The van der Waals surface area contributed by atoms with Crippen LogP contribution in [0.2, 0.25) is 5.02 Å². The molecule has 1 aromatic rings. The number of hydrogen-bond acceptors (Lipinski definition) is 3. The lowest BCUT2D eigenvalue weighted by molar-refractivity contribution is -0.139. The first-order valence-electron chi connectivity index (χ1n) is 6.08. The molecule has 1 saturated carbocycles. The predicted octanol–water partition coefficient (Wildman–Crippen LogP) is 1.60. The van der Waals surface area contributed by atoms with Crippen LogP contribution in [0.3, 0.4) is 0 Å². The molecule has 0 radical (unpaired) electrons. The third kappa shape index (κ3) is 3.77. The number of hydrogen-bond donors (Lipinski definition) is 2. The Morgan fingerprint density at radius 2 is 2.05 bits per heavy atom. The molecule has 0 atom stereocenters. The molecule has 7 heteroatoms. The number of nitrogens with zero attached hydrogens (tertiary/aromatic N) is 1. The number of carbonyl (C=O) groups excluding carboxylic acids is 2. The van der Waals surface area contributed by atoms with Crippen molar-refractivity contribution in [2.24, 2.45) is 5.10 Å². The van der Waals surface area contributed by atoms with Gasteiger partial charge in [-0.25, -0.2) is 9.82 Å². The van der Waals surface area contributed by atoms with E-state index in [1.165, 1.54) is 12.1 Å². The molecule has 0 saturated heterocycles. The fourth-order valence-electron chi connectivity index (χ4n) is 1.51. The summed E-state index contributed by atoms with van der Waals surface area (Å²) in [5, 5.41) is 6.51. The summed E-state index contributed by atoms with van der Waals surface area (Å²) in [5.74, 6) is -2.01. The minimum Gasteiger partial charge on any atom is -0.345 e. The third-order valence-electron chi connectivity index (χ3n) is 2.76. The number of nitrogens with one attached hydrogen (secondary N) is 2. The highest BCUT2D eigenvalue weighted by molar-refractivity contribution is 6.35. The van der Waals surface area contributed by atoms with E-state index in [1.54, 1.807) is 6.92 Å². The second-order valence-corrected chi connectivity index (χ2v) is 4.92. The second-order valence-electron chi connectivity index (χ2n) is 4.51. The maximum atomic E-state index is 12.9. The van der Waals surface area contributed by atoms with Crippen LogP contribution >= 0.6 is 11.6 Å². The van der Waals surface area contributed by atoms with Crippen molar-refractivity contribution in [2.75, 3.05) is 0 Å². The van der Waals surface area contributed by atoms with E-state index in [-0.39, 0.29) is 11.1 Å². The van der Waals surface area contributed by atoms with Gasteiger partial charge < -0.3 is 5.32 Å². The third-order valence-corrected chi connectivity index (χ3v) is 3.08. The molecule has 0 heterocycles. The van der Waals surface area contributed by atoms with Crippen molar-refractivity contribution < 1.29 is 14.0 Å². The fourth-order valence-corrected chi connectivity index (χ4v) is 1.81. The maximum absolute atomic E-state index is 12.9. The van der Waals surface area contributed by atoms with Crippen LogP contribution < -0.4 is 10.7 Å². The van der Waals surface area contributed by atoms with E-state index in [0.29, 0.717) is 11.3 Å². The summed E-state index contributed by atoms with van der Waals surface area (Å²) in [7, 11) is 0. The van der Waals surface area contributed by atoms with Crippen LogP contribution in [0.1, 0.15) is 25.3 Å². The zero-order valence-electron chi connectivity index (χ0n) is 10.7. The van der Waals surface area contributed by atoms with Crippen molar-refractivity contribution in [3.05, 3.63) is 34.6 Å². The standard InChI is InChI=1S/C13H13ClFN3O2/c1-7(10-5-2-8(15)6-11(10)14)17-18-13(20)12(19)16-9-3-4-9/h2,5-6,9H,3-4H2,1H3,(H,16,19)(H,18,20)/b17-7-. The monoisotopic (exact) mass is 297 g/mol. The lowest BCUT2D eigenvalue weighted by Crippen LogP contribution is -2.39. The first-order chi connectivity index (χ1) is 9.47. The second kappa shape index (κ2) is 6.00. The Balaban J connectivity index is 1.98. The smallest absolute Gasteiger partial charge is 0.329 e. The molecule has 1 aromatic carbocycles. The lowest BCUT2D eigenvalue weighted by atomic mass is 10.1. The summed E-state index contributed by atoms with van der Waals surface area (Å²) in [6, 6.07) is 3.94. The van der Waals surface area contributed by atoms with E-state index in [0.717, 1.165) is 18.9 Å². The van der Waals surface area contributed by atoms with E-state index in [9.17, 15) is 14.0 Å². The van der Waals surface area contributed by atoms with Crippen molar-refractivity contribution in [1.82, 2.24) is 10.7 Å². The lowest BCUT2D eigenvalue weighted by Gasteiger charge is -2.05. The van der Waals surface area contributed by atoms with Gasteiger partial charge in [0.15, 0.2) is 0 Å². The molecule has 1 fully saturated rings. The van der Waals surface area contributed by atoms with Gasteiger partial charge in [0.1, 0.15) is 5.82 Å². The van der Waals surface area contributed by atoms with Gasteiger partial charge in [0.05, 0.1) is 10.7 Å². The summed E-state index contributed by atoms with van der Waals surface area (Å²) in [4.78, 5) is 22.8. The Morgan fingerprint density at radius 1 is 1.35 bits per heavy atom. The summed E-state index contributed by atoms with van der Waals surface area (Å²) in [6.07, 6.45) is 1.79. The van der Waals surface area contributed by atoms with Gasteiger partial charge in [-0.2, -0.15) is 5.10 Å². The van der Waals surface area contributed by atoms with E-state index >= 15 is 0 Å². The summed E-state index contributed by atoms with van der Waals surface area (Å²) < 4.78 is 12.9. The number of benzene rings is 1. The summed E-state index contributed by atoms with van der Waals surface area (Å²) >= 11 is 5.87. The van der Waals surface area contributed by atoms with E-state index in [4.69, 9.17) is 11.6 Å². The normalized spacial score (nSPS) is 14.8. The van der Waals surface area contributed by atoms with E-state index in [2.05, 4.69) is 15.8 Å². The van der Waals surface area contributed by atoms with Crippen LogP contribution in [0.25, 0.3) is 0 Å². The van der Waals surface area contributed by atoms with Crippen LogP contribution in [0.15, 0.2) is 23.3 Å². The van der Waals surface area contributed by atoms with Gasteiger partial charge in [0.25, 0.3) is 0 Å². The molecule has 2 N–H and O–H groups in total. The Labute approximate surface area is 120 Å². The Bertz CT molecular complexity index is 585. The van der Waals surface area contributed by atoms with Crippen LogP contribution in [0.4, 0.5) is 4.39 Å². The molecule has 5 nitrogen and oxygen atoms in total. The number of amides is 2. The van der Waals surface area contributed by atoms with Crippen LogP contribution in [-0.2, 0) is 9.59 Å². The SMILES string of the molecule is C/C(=N/NC(=O)C(=O)NC1CC1)c1ccc(F)cc1Cl. The molecule has 0 aliphatic heterocycles. The highest BCUT2D eigenvalue weighted by atomic mass is 35.5. The molecule has 2 amide bonds. The van der Waals surface area contributed by atoms with Crippen molar-refractivity contribution in [3.63, 3.8) is 0 Å². The first kappa shape index (κ1) is 14.5. The Hall–Kier alpha value is -1.95. The Kier molecular flexibility index (Phi) is 4.34. The van der Waals surface area contributed by atoms with Crippen LogP contribution in [0, 0.1) is 5.82 Å². The van der Waals surface area contributed by atoms with Crippen molar-refractivity contribution >= 4 is 29.1 Å². The molecule has 0 bridgehead atoms. The average Bonchev–Trinajstić information content (AvgIpc) is 3.19. The molecule has 20 heavy (non-hydrogen) atoms. The van der Waals surface area contributed by atoms with Crippen LogP contribution in [0.5, 0.6) is 0 Å². The molecular formula is C13H13ClFN3O2. The topological polar surface area (TPSA) is 70.6 Å². The molecule has 2 rings (SSSR count). The van der Waals surface area contributed by atoms with Gasteiger partial charge in [-0.15, -0.1) is 0 Å². The highest BCUT2D eigenvalue weighted by Gasteiger charge is 2.26. The molecule has 106 valence electrons. The number of rotatable bonds is 3. The maximum Gasteiger partial charge on any atom is 0.329 e. The minimum atomic E-state index is -0.838. The fraction of sp³-hybridized carbons (Fsp3) is 0.308. The van der Waals surface area contributed by atoms with Crippen LogP contribution in [-0.4, -0.2) is 23.6 Å². The van der Waals surface area contributed by atoms with Crippen molar-refractivity contribution in [2.45, 2.75) is 25.8 Å².